The quantitative estimate of drug-likeness (QED) is 0.731. The molecule has 0 rings (SSSR count). The maximum atomic E-state index is 11.5. The molecule has 0 bridgehead atoms. The molecule has 0 aliphatic carbocycles. The second-order valence-corrected chi connectivity index (χ2v) is 5.21. The van der Waals surface area contributed by atoms with E-state index in [1.807, 2.05) is 41.5 Å². The number of nitrogens with one attached hydrogen (secondary N) is 1. The van der Waals surface area contributed by atoms with Crippen LogP contribution in [0.4, 0.5) is 4.79 Å². The molecule has 0 aromatic heterocycles. The minimum absolute atomic E-state index is 0.0279. The molecular formula is C12H23NO2. The number of rotatable bonds is 3. The predicted octanol–water partition coefficient (Wildman–Crippen LogP) is 3.11. The van der Waals surface area contributed by atoms with Crippen molar-refractivity contribution in [3.8, 4) is 0 Å². The Balaban J connectivity index is 4.31. The van der Waals surface area contributed by atoms with E-state index in [1.54, 1.807) is 0 Å². The van der Waals surface area contributed by atoms with Gasteiger partial charge in [0.15, 0.2) is 0 Å². The zero-order valence-corrected chi connectivity index (χ0v) is 10.7. The van der Waals surface area contributed by atoms with Gasteiger partial charge >= 0.3 is 6.09 Å². The first-order valence-electron chi connectivity index (χ1n) is 5.28. The third-order valence-electron chi connectivity index (χ3n) is 1.87. The monoisotopic (exact) mass is 213 g/mol. The summed E-state index contributed by atoms with van der Waals surface area (Å²) >= 11 is 0. The van der Waals surface area contributed by atoms with E-state index in [4.69, 9.17) is 4.74 Å². The Morgan fingerprint density at radius 3 is 2.07 bits per heavy atom. The molecule has 3 heteroatoms. The van der Waals surface area contributed by atoms with Crippen molar-refractivity contribution in [1.29, 1.82) is 0 Å². The number of hydrogen-bond acceptors (Lipinski definition) is 2. The Labute approximate surface area is 92.9 Å². The maximum absolute atomic E-state index is 11.5. The first-order chi connectivity index (χ1) is 6.63. The molecule has 0 aromatic carbocycles. The number of carbonyl (C=O) groups excluding carboxylic acids is 1. The summed E-state index contributed by atoms with van der Waals surface area (Å²) in [6, 6.07) is -0.0279. The lowest BCUT2D eigenvalue weighted by molar-refractivity contribution is 0.0501. The van der Waals surface area contributed by atoms with Crippen LogP contribution in [-0.2, 0) is 4.74 Å². The fourth-order valence-corrected chi connectivity index (χ4v) is 1.29. The third kappa shape index (κ3) is 6.15. The standard InChI is InChI=1S/C12H23NO2/c1-8(2)10(9(3)4)13-11(14)15-12(5,6)7/h9-10H,1H2,2-7H3,(H,13,14)/t10-/m1/s1. The van der Waals surface area contributed by atoms with E-state index in [0.29, 0.717) is 5.92 Å². The number of ether oxygens (including phenoxy) is 1. The van der Waals surface area contributed by atoms with Crippen LogP contribution in [0.15, 0.2) is 12.2 Å². The van der Waals surface area contributed by atoms with Crippen molar-refractivity contribution in [2.45, 2.75) is 53.2 Å². The van der Waals surface area contributed by atoms with Crippen LogP contribution < -0.4 is 5.32 Å². The lowest BCUT2D eigenvalue weighted by Gasteiger charge is -2.25. The van der Waals surface area contributed by atoms with Crippen LogP contribution in [0, 0.1) is 5.92 Å². The topological polar surface area (TPSA) is 38.3 Å². The zero-order chi connectivity index (χ0) is 12.2. The molecule has 88 valence electrons. The van der Waals surface area contributed by atoms with Crippen LogP contribution in [0.1, 0.15) is 41.5 Å². The molecule has 1 N–H and O–H groups in total. The predicted molar refractivity (Wildman–Crippen MR) is 62.8 cm³/mol. The Kier molecular flexibility index (Phi) is 4.85. The van der Waals surface area contributed by atoms with Crippen molar-refractivity contribution in [3.63, 3.8) is 0 Å². The summed E-state index contributed by atoms with van der Waals surface area (Å²) in [5.41, 5.74) is 0.483. The van der Waals surface area contributed by atoms with Crippen LogP contribution in [0.3, 0.4) is 0 Å². The summed E-state index contributed by atoms with van der Waals surface area (Å²) in [6.07, 6.45) is -0.385. The van der Waals surface area contributed by atoms with E-state index in [-0.39, 0.29) is 12.1 Å². The van der Waals surface area contributed by atoms with Gasteiger partial charge in [-0.1, -0.05) is 26.0 Å². The average Bonchev–Trinajstić information content (AvgIpc) is 1.95. The van der Waals surface area contributed by atoms with Gasteiger partial charge in [0, 0.05) is 0 Å². The highest BCUT2D eigenvalue weighted by atomic mass is 16.6. The van der Waals surface area contributed by atoms with Crippen LogP contribution in [0.5, 0.6) is 0 Å². The average molecular weight is 213 g/mol. The largest absolute Gasteiger partial charge is 0.444 e. The van der Waals surface area contributed by atoms with Gasteiger partial charge in [-0.2, -0.15) is 0 Å². The molecule has 0 spiro atoms. The Hall–Kier alpha value is -0.990. The smallest absolute Gasteiger partial charge is 0.408 e. The molecule has 0 heterocycles. The fourth-order valence-electron chi connectivity index (χ4n) is 1.29. The molecule has 15 heavy (non-hydrogen) atoms. The van der Waals surface area contributed by atoms with E-state index in [9.17, 15) is 4.79 Å². The molecule has 0 radical (unpaired) electrons. The van der Waals surface area contributed by atoms with Crippen molar-refractivity contribution in [2.24, 2.45) is 5.92 Å². The molecule has 0 unspecified atom stereocenters. The van der Waals surface area contributed by atoms with Crippen molar-refractivity contribution < 1.29 is 9.53 Å². The van der Waals surface area contributed by atoms with E-state index >= 15 is 0 Å². The van der Waals surface area contributed by atoms with Gasteiger partial charge in [0.1, 0.15) is 5.60 Å². The van der Waals surface area contributed by atoms with Gasteiger partial charge in [0.2, 0.25) is 0 Å². The summed E-state index contributed by atoms with van der Waals surface area (Å²) in [5.74, 6) is 0.315. The summed E-state index contributed by atoms with van der Waals surface area (Å²) in [6.45, 7) is 15.4. The second-order valence-electron chi connectivity index (χ2n) is 5.21. The Morgan fingerprint density at radius 1 is 1.33 bits per heavy atom. The summed E-state index contributed by atoms with van der Waals surface area (Å²) < 4.78 is 5.18. The van der Waals surface area contributed by atoms with Crippen LogP contribution in [0.25, 0.3) is 0 Å². The van der Waals surface area contributed by atoms with E-state index < -0.39 is 5.60 Å². The molecule has 1 atom stereocenters. The van der Waals surface area contributed by atoms with E-state index in [1.165, 1.54) is 0 Å². The first-order valence-corrected chi connectivity index (χ1v) is 5.28. The molecule has 0 aliphatic rings. The minimum atomic E-state index is -0.458. The van der Waals surface area contributed by atoms with Gasteiger partial charge in [-0.05, 0) is 33.6 Å². The zero-order valence-electron chi connectivity index (χ0n) is 10.7. The van der Waals surface area contributed by atoms with Crippen molar-refractivity contribution in [2.75, 3.05) is 0 Å². The fraction of sp³-hybridized carbons (Fsp3) is 0.750. The number of carbonyl (C=O) groups is 1. The number of hydrogen-bond donors (Lipinski definition) is 1. The normalized spacial score (nSPS) is 13.5. The van der Waals surface area contributed by atoms with Gasteiger partial charge in [-0.25, -0.2) is 4.79 Å². The second kappa shape index (κ2) is 5.19. The van der Waals surface area contributed by atoms with Crippen LogP contribution in [0.2, 0.25) is 0 Å². The summed E-state index contributed by atoms with van der Waals surface area (Å²) in [4.78, 5) is 11.5. The van der Waals surface area contributed by atoms with Crippen LogP contribution in [-0.4, -0.2) is 17.7 Å². The molecule has 0 aromatic rings. The van der Waals surface area contributed by atoms with Crippen molar-refractivity contribution >= 4 is 6.09 Å². The first kappa shape index (κ1) is 14.0. The molecule has 1 amide bonds. The highest BCUT2D eigenvalue weighted by molar-refractivity contribution is 5.68. The highest BCUT2D eigenvalue weighted by Gasteiger charge is 2.21. The van der Waals surface area contributed by atoms with E-state index in [0.717, 1.165) is 5.57 Å². The number of alkyl carbamates (subject to hydrolysis) is 1. The van der Waals surface area contributed by atoms with Crippen molar-refractivity contribution in [1.82, 2.24) is 5.32 Å². The SMILES string of the molecule is C=C(C)[C@@H](NC(=O)OC(C)(C)C)C(C)C. The third-order valence-corrected chi connectivity index (χ3v) is 1.87. The Bertz CT molecular complexity index is 238. The van der Waals surface area contributed by atoms with E-state index in [2.05, 4.69) is 11.9 Å². The molecule has 0 saturated heterocycles. The molecule has 3 nitrogen and oxygen atoms in total. The number of amides is 1. The van der Waals surface area contributed by atoms with Gasteiger partial charge < -0.3 is 10.1 Å². The van der Waals surface area contributed by atoms with Gasteiger partial charge in [0.25, 0.3) is 0 Å². The van der Waals surface area contributed by atoms with Gasteiger partial charge in [-0.3, -0.25) is 0 Å². The maximum Gasteiger partial charge on any atom is 0.408 e. The summed E-state index contributed by atoms with van der Waals surface area (Å²) in [5, 5.41) is 2.81. The molecule has 0 fully saturated rings. The van der Waals surface area contributed by atoms with Crippen molar-refractivity contribution in [3.05, 3.63) is 12.2 Å². The molecule has 0 aliphatic heterocycles. The lowest BCUT2D eigenvalue weighted by Crippen LogP contribution is -2.42. The molecule has 0 saturated carbocycles. The van der Waals surface area contributed by atoms with Crippen LogP contribution >= 0.6 is 0 Å². The lowest BCUT2D eigenvalue weighted by atomic mass is 9.98. The minimum Gasteiger partial charge on any atom is -0.444 e. The van der Waals surface area contributed by atoms with Gasteiger partial charge in [0.05, 0.1) is 6.04 Å². The molecular weight excluding hydrogens is 190 g/mol. The van der Waals surface area contributed by atoms with Gasteiger partial charge in [-0.15, -0.1) is 0 Å². The Morgan fingerprint density at radius 2 is 1.80 bits per heavy atom. The summed E-state index contributed by atoms with van der Waals surface area (Å²) in [7, 11) is 0. The highest BCUT2D eigenvalue weighted by Crippen LogP contribution is 2.12.